The number of carbonyl (C=O) groups excluding carboxylic acids is 1. The molecular weight excluding hydrogens is 290 g/mol. The van der Waals surface area contributed by atoms with Gasteiger partial charge in [0.25, 0.3) is 11.5 Å². The van der Waals surface area contributed by atoms with Crippen molar-refractivity contribution in [3.05, 3.63) is 55.7 Å². The molecule has 0 atom stereocenters. The molecule has 1 amide bonds. The molecule has 4 N–H and O–H groups in total. The van der Waals surface area contributed by atoms with Gasteiger partial charge in [-0.15, -0.1) is 0 Å². The van der Waals surface area contributed by atoms with Crippen molar-refractivity contribution in [2.24, 2.45) is 0 Å². The first-order valence-electron chi connectivity index (χ1n) is 6.64. The van der Waals surface area contributed by atoms with E-state index in [0.29, 0.717) is 22.4 Å². The number of aromatic amines is 2. The molecule has 2 heterocycles. The number of hydrogen-bond donors (Lipinski definition) is 4. The molecule has 1 aliphatic rings. The van der Waals surface area contributed by atoms with Gasteiger partial charge >= 0.3 is 5.69 Å². The van der Waals surface area contributed by atoms with Crippen LogP contribution < -0.4 is 21.3 Å². The molecule has 8 heteroatoms. The van der Waals surface area contributed by atoms with Gasteiger partial charge in [0.15, 0.2) is 0 Å². The lowest BCUT2D eigenvalue weighted by atomic mass is 10.0. The van der Waals surface area contributed by atoms with Crippen LogP contribution >= 0.6 is 0 Å². The van der Waals surface area contributed by atoms with E-state index in [1.807, 2.05) is 0 Å². The first kappa shape index (κ1) is 14.1. The summed E-state index contributed by atoms with van der Waals surface area (Å²) in [5, 5.41) is 11.3. The Labute approximate surface area is 123 Å². The van der Waals surface area contributed by atoms with Crippen molar-refractivity contribution >= 4 is 5.91 Å². The van der Waals surface area contributed by atoms with E-state index in [0.717, 1.165) is 0 Å². The highest BCUT2D eigenvalue weighted by Gasteiger charge is 2.22. The van der Waals surface area contributed by atoms with Gasteiger partial charge in [0.05, 0.1) is 12.2 Å². The van der Waals surface area contributed by atoms with Gasteiger partial charge in [-0.3, -0.25) is 19.6 Å². The lowest BCUT2D eigenvalue weighted by molar-refractivity contribution is 0.0944. The molecule has 0 fully saturated rings. The summed E-state index contributed by atoms with van der Waals surface area (Å²) >= 11 is 0. The maximum atomic E-state index is 11.9. The van der Waals surface area contributed by atoms with Crippen molar-refractivity contribution in [2.45, 2.75) is 6.42 Å². The number of rotatable bonds is 3. The van der Waals surface area contributed by atoms with E-state index >= 15 is 0 Å². The molecule has 0 spiro atoms. The Bertz CT molecular complexity index is 852. The molecule has 2 aromatic rings. The minimum Gasteiger partial charge on any atom is -0.440 e. The number of fused-ring (bicyclic) bond motifs is 2. The second-order valence-corrected chi connectivity index (χ2v) is 4.80. The number of benzene rings is 1. The molecule has 0 saturated carbocycles. The fraction of sp³-hybridized carbons (Fsp3) is 0.214. The number of carbonyl (C=O) groups is 1. The molecule has 114 valence electrons. The Morgan fingerprint density at radius 1 is 1.32 bits per heavy atom. The van der Waals surface area contributed by atoms with E-state index in [9.17, 15) is 14.4 Å². The molecule has 22 heavy (non-hydrogen) atoms. The highest BCUT2D eigenvalue weighted by Crippen LogP contribution is 2.33. The summed E-state index contributed by atoms with van der Waals surface area (Å²) in [5.74, 6) is 0.282. The molecule has 3 rings (SSSR count). The van der Waals surface area contributed by atoms with Crippen molar-refractivity contribution in [3.8, 4) is 11.6 Å². The van der Waals surface area contributed by atoms with Gasteiger partial charge in [-0.05, 0) is 18.2 Å². The smallest absolute Gasteiger partial charge is 0.328 e. The van der Waals surface area contributed by atoms with Crippen LogP contribution in [-0.2, 0) is 6.42 Å². The molecule has 0 unspecified atom stereocenters. The normalized spacial score (nSPS) is 12.0. The standard InChI is InChI=1S/C14H13N3O5/c18-4-3-15-11(19)7-1-2-10-8(5-7)6-9-12(20)16-14(21)17-13(9)22-10/h1-2,5,18H,3-4,6H2,(H,15,19)(H2,16,17,20,21). The monoisotopic (exact) mass is 303 g/mol. The molecule has 1 aliphatic heterocycles. The van der Waals surface area contributed by atoms with Crippen molar-refractivity contribution in [1.29, 1.82) is 0 Å². The average molecular weight is 303 g/mol. The van der Waals surface area contributed by atoms with Crippen LogP contribution in [0.2, 0.25) is 0 Å². The number of ether oxygens (including phenoxy) is 1. The summed E-state index contributed by atoms with van der Waals surface area (Å²) in [7, 11) is 0. The van der Waals surface area contributed by atoms with E-state index in [2.05, 4.69) is 15.3 Å². The van der Waals surface area contributed by atoms with Gasteiger partial charge in [-0.25, -0.2) is 4.79 Å². The molecule has 0 aliphatic carbocycles. The van der Waals surface area contributed by atoms with E-state index in [1.54, 1.807) is 18.2 Å². The number of amides is 1. The molecule has 0 saturated heterocycles. The predicted octanol–water partition coefficient (Wildman–Crippen LogP) is -0.518. The Morgan fingerprint density at radius 3 is 2.91 bits per heavy atom. The number of nitrogens with one attached hydrogen (secondary N) is 3. The fourth-order valence-electron chi connectivity index (χ4n) is 2.27. The Balaban J connectivity index is 1.95. The molecule has 0 radical (unpaired) electrons. The van der Waals surface area contributed by atoms with E-state index in [1.165, 1.54) is 0 Å². The second-order valence-electron chi connectivity index (χ2n) is 4.80. The Morgan fingerprint density at radius 2 is 2.14 bits per heavy atom. The lowest BCUT2D eigenvalue weighted by Crippen LogP contribution is -2.28. The van der Waals surface area contributed by atoms with Crippen molar-refractivity contribution in [3.63, 3.8) is 0 Å². The second kappa shape index (κ2) is 5.49. The third kappa shape index (κ3) is 2.51. The van der Waals surface area contributed by atoms with Crippen LogP contribution in [0, 0.1) is 0 Å². The lowest BCUT2D eigenvalue weighted by Gasteiger charge is -2.19. The molecule has 1 aromatic carbocycles. The third-order valence-electron chi connectivity index (χ3n) is 3.30. The van der Waals surface area contributed by atoms with Crippen LogP contribution in [0.1, 0.15) is 21.5 Å². The predicted molar refractivity (Wildman–Crippen MR) is 76.4 cm³/mol. The average Bonchev–Trinajstić information content (AvgIpc) is 2.50. The van der Waals surface area contributed by atoms with Gasteiger partial charge in [0.2, 0.25) is 5.88 Å². The van der Waals surface area contributed by atoms with E-state index < -0.39 is 11.2 Å². The highest BCUT2D eigenvalue weighted by molar-refractivity contribution is 5.94. The van der Waals surface area contributed by atoms with Gasteiger partial charge in [0.1, 0.15) is 5.75 Å². The SMILES string of the molecule is O=C(NCCO)c1ccc2c(c1)Cc1c([nH]c(=O)[nH]c1=O)O2. The summed E-state index contributed by atoms with van der Waals surface area (Å²) < 4.78 is 5.51. The molecule has 8 nitrogen and oxygen atoms in total. The number of aliphatic hydroxyl groups is 1. The van der Waals surface area contributed by atoms with Crippen molar-refractivity contribution in [1.82, 2.24) is 15.3 Å². The molecule has 0 bridgehead atoms. The summed E-state index contributed by atoms with van der Waals surface area (Å²) in [4.78, 5) is 39.5. The number of aliphatic hydroxyl groups excluding tert-OH is 1. The van der Waals surface area contributed by atoms with E-state index in [-0.39, 0.29) is 31.4 Å². The highest BCUT2D eigenvalue weighted by atomic mass is 16.5. The zero-order valence-electron chi connectivity index (χ0n) is 11.4. The van der Waals surface area contributed by atoms with Crippen LogP contribution in [0.5, 0.6) is 11.6 Å². The van der Waals surface area contributed by atoms with Gasteiger partial charge in [-0.2, -0.15) is 0 Å². The minimum atomic E-state index is -0.632. The van der Waals surface area contributed by atoms with Gasteiger partial charge in [-0.1, -0.05) is 0 Å². The topological polar surface area (TPSA) is 124 Å². The maximum Gasteiger partial charge on any atom is 0.328 e. The summed E-state index contributed by atoms with van der Waals surface area (Å²) in [6, 6.07) is 4.79. The van der Waals surface area contributed by atoms with Gasteiger partial charge in [0, 0.05) is 24.1 Å². The number of H-pyrrole nitrogens is 2. The van der Waals surface area contributed by atoms with Crippen molar-refractivity contribution < 1.29 is 14.6 Å². The summed E-state index contributed by atoms with van der Waals surface area (Å²) in [6.07, 6.45) is 0.248. The minimum absolute atomic E-state index is 0.124. The van der Waals surface area contributed by atoms with E-state index in [4.69, 9.17) is 9.84 Å². The largest absolute Gasteiger partial charge is 0.440 e. The van der Waals surface area contributed by atoms with Crippen LogP contribution in [-0.4, -0.2) is 34.1 Å². The van der Waals surface area contributed by atoms with Crippen LogP contribution in [0.3, 0.4) is 0 Å². The zero-order valence-corrected chi connectivity index (χ0v) is 11.4. The van der Waals surface area contributed by atoms with Crippen LogP contribution in [0.15, 0.2) is 27.8 Å². The van der Waals surface area contributed by atoms with Gasteiger partial charge < -0.3 is 15.2 Å². The fourth-order valence-corrected chi connectivity index (χ4v) is 2.27. The maximum absolute atomic E-state index is 11.9. The van der Waals surface area contributed by atoms with Crippen molar-refractivity contribution in [2.75, 3.05) is 13.2 Å². The Hall–Kier alpha value is -2.87. The first-order valence-corrected chi connectivity index (χ1v) is 6.64. The first-order chi connectivity index (χ1) is 10.6. The molecular formula is C14H13N3O5. The number of aromatic nitrogens is 2. The quantitative estimate of drug-likeness (QED) is 0.518. The summed E-state index contributed by atoms with van der Waals surface area (Å²) in [6.45, 7) is 0.0199. The van der Waals surface area contributed by atoms with Crippen LogP contribution in [0.4, 0.5) is 0 Å². The third-order valence-corrected chi connectivity index (χ3v) is 3.30. The zero-order chi connectivity index (χ0) is 15.7. The Kier molecular flexibility index (Phi) is 3.51. The van der Waals surface area contributed by atoms with Crippen LogP contribution in [0.25, 0.3) is 0 Å². The summed E-state index contributed by atoms with van der Waals surface area (Å²) in [5.41, 5.74) is 0.230. The molecule has 1 aromatic heterocycles. The number of hydrogen-bond acceptors (Lipinski definition) is 5.